The summed E-state index contributed by atoms with van der Waals surface area (Å²) in [6, 6.07) is 3.34. The van der Waals surface area contributed by atoms with E-state index in [1.807, 2.05) is 20.8 Å². The molecule has 5 N–H and O–H groups in total. The van der Waals surface area contributed by atoms with Crippen molar-refractivity contribution in [3.05, 3.63) is 35.9 Å². The van der Waals surface area contributed by atoms with Gasteiger partial charge in [0.15, 0.2) is 6.04 Å². The Hall–Kier alpha value is -4.53. The van der Waals surface area contributed by atoms with Crippen LogP contribution in [0.15, 0.2) is 30.3 Å². The lowest BCUT2D eigenvalue weighted by molar-refractivity contribution is -0.144. The van der Waals surface area contributed by atoms with Crippen molar-refractivity contribution in [3.8, 4) is 0 Å². The number of rotatable bonds is 16. The average Bonchev–Trinajstić information content (AvgIpc) is 3.50. The Morgan fingerprint density at radius 2 is 1.60 bits per heavy atom. The van der Waals surface area contributed by atoms with Gasteiger partial charge in [-0.2, -0.15) is 0 Å². The van der Waals surface area contributed by atoms with Crippen LogP contribution in [0.2, 0.25) is 0 Å². The standard InChI is InChI=1S/C37H55N5O10/c1-7-14-26(31(44)33(46)38-20-28(43)40-30(35(48)49)24-17-12-9-13-18-24)39-32(45)27-19-25(52-37(4,5)6)21-42(27)34(47)29(23-15-10-8-11-16-23)41-36(50)51-22(2)3/h9,12-13,17-18,22-23,25-27,29-30H,7-8,10-11,14-16,19-21H2,1-6H3,(H,38,46)(H,39,45)(H,40,43)(H,41,50)(H,48,49). The van der Waals surface area contributed by atoms with Gasteiger partial charge in [-0.05, 0) is 65.4 Å². The fourth-order valence-electron chi connectivity index (χ4n) is 6.65. The van der Waals surface area contributed by atoms with Crippen molar-refractivity contribution in [2.75, 3.05) is 13.1 Å². The van der Waals surface area contributed by atoms with Crippen molar-refractivity contribution >= 4 is 41.5 Å². The van der Waals surface area contributed by atoms with Gasteiger partial charge in [-0.25, -0.2) is 9.59 Å². The molecule has 1 aliphatic heterocycles. The van der Waals surface area contributed by atoms with Crippen LogP contribution in [0.4, 0.5) is 4.79 Å². The summed E-state index contributed by atoms with van der Waals surface area (Å²) >= 11 is 0. The van der Waals surface area contributed by atoms with Crippen molar-refractivity contribution < 1.29 is 48.1 Å². The van der Waals surface area contributed by atoms with E-state index in [0.29, 0.717) is 24.8 Å². The molecular formula is C37H55N5O10. The van der Waals surface area contributed by atoms with Crippen molar-refractivity contribution in [1.29, 1.82) is 0 Å². The average molecular weight is 730 g/mol. The third-order valence-corrected chi connectivity index (χ3v) is 8.90. The number of carboxylic acid groups (broad SMARTS) is 1. The molecule has 15 nitrogen and oxygen atoms in total. The first-order chi connectivity index (χ1) is 24.5. The molecule has 2 aliphatic rings. The summed E-state index contributed by atoms with van der Waals surface area (Å²) in [5.41, 5.74) is -0.272. The Morgan fingerprint density at radius 3 is 2.17 bits per heavy atom. The van der Waals surface area contributed by atoms with E-state index in [4.69, 9.17) is 9.47 Å². The molecule has 1 aromatic rings. The minimum atomic E-state index is -1.37. The summed E-state index contributed by atoms with van der Waals surface area (Å²) in [5.74, 6) is -5.57. The molecule has 0 bridgehead atoms. The second-order valence-corrected chi connectivity index (χ2v) is 14.7. The highest BCUT2D eigenvalue weighted by Crippen LogP contribution is 2.31. The van der Waals surface area contributed by atoms with Crippen LogP contribution in [0, 0.1) is 5.92 Å². The summed E-state index contributed by atoms with van der Waals surface area (Å²) in [4.78, 5) is 93.0. The predicted octanol–water partition coefficient (Wildman–Crippen LogP) is 2.77. The highest BCUT2D eigenvalue weighted by molar-refractivity contribution is 6.38. The molecule has 0 spiro atoms. The fraction of sp³-hybridized carbons (Fsp3) is 0.649. The summed E-state index contributed by atoms with van der Waals surface area (Å²) in [6.45, 7) is 10.1. The molecular weight excluding hydrogens is 674 g/mol. The van der Waals surface area contributed by atoms with Gasteiger partial charge in [-0.15, -0.1) is 0 Å². The number of nitrogens with one attached hydrogen (secondary N) is 4. The monoisotopic (exact) mass is 729 g/mol. The van der Waals surface area contributed by atoms with Crippen LogP contribution in [0.25, 0.3) is 0 Å². The topological polar surface area (TPSA) is 210 Å². The van der Waals surface area contributed by atoms with Gasteiger partial charge in [-0.3, -0.25) is 24.0 Å². The Balaban J connectivity index is 1.76. The van der Waals surface area contributed by atoms with Gasteiger partial charge in [0.1, 0.15) is 12.1 Å². The van der Waals surface area contributed by atoms with Gasteiger partial charge >= 0.3 is 12.1 Å². The van der Waals surface area contributed by atoms with Gasteiger partial charge in [0.05, 0.1) is 30.4 Å². The minimum absolute atomic E-state index is 0.0701. The molecule has 1 heterocycles. The Kier molecular flexibility index (Phi) is 15.6. The lowest BCUT2D eigenvalue weighted by atomic mass is 9.83. The van der Waals surface area contributed by atoms with Gasteiger partial charge < -0.3 is 40.7 Å². The number of ether oxygens (including phenoxy) is 2. The molecule has 0 radical (unpaired) electrons. The summed E-state index contributed by atoms with van der Waals surface area (Å²) < 4.78 is 11.5. The number of carboxylic acids is 1. The zero-order valence-electron chi connectivity index (χ0n) is 31.1. The Morgan fingerprint density at radius 1 is 0.942 bits per heavy atom. The van der Waals surface area contributed by atoms with Crippen LogP contribution < -0.4 is 21.3 Å². The van der Waals surface area contributed by atoms with Gasteiger partial charge in [-0.1, -0.05) is 62.9 Å². The molecule has 1 saturated carbocycles. The van der Waals surface area contributed by atoms with Crippen molar-refractivity contribution in [1.82, 2.24) is 26.2 Å². The third-order valence-electron chi connectivity index (χ3n) is 8.90. The van der Waals surface area contributed by atoms with E-state index < -0.39 is 90.0 Å². The molecule has 0 aromatic heterocycles. The Bertz CT molecular complexity index is 1420. The van der Waals surface area contributed by atoms with Crippen LogP contribution in [0.1, 0.15) is 105 Å². The number of ketones is 1. The molecule has 1 aromatic carbocycles. The number of aliphatic carboxylic acids is 1. The van der Waals surface area contributed by atoms with E-state index in [1.165, 1.54) is 17.0 Å². The fourth-order valence-corrected chi connectivity index (χ4v) is 6.65. The van der Waals surface area contributed by atoms with Crippen LogP contribution in [0.5, 0.6) is 0 Å². The van der Waals surface area contributed by atoms with Gasteiger partial charge in [0.2, 0.25) is 23.5 Å². The van der Waals surface area contributed by atoms with Crippen LogP contribution in [-0.4, -0.2) is 101 Å². The number of hydrogen-bond acceptors (Lipinski definition) is 9. The number of Topliss-reactive ketones (excluding diaryl/α,β-unsaturated/α-hetero) is 1. The SMILES string of the molecule is CCCC(NC(=O)C1CC(OC(C)(C)C)CN1C(=O)C(NC(=O)OC(C)C)C1CCCCC1)C(=O)C(=O)NCC(=O)NC(C(=O)O)c1ccccc1. The van der Waals surface area contributed by atoms with E-state index >= 15 is 0 Å². The number of carbonyl (C=O) groups is 7. The molecule has 52 heavy (non-hydrogen) atoms. The zero-order valence-corrected chi connectivity index (χ0v) is 31.1. The largest absolute Gasteiger partial charge is 0.479 e. The number of nitrogens with zero attached hydrogens (tertiary/aromatic N) is 1. The first-order valence-corrected chi connectivity index (χ1v) is 18.2. The zero-order chi connectivity index (χ0) is 38.6. The van der Waals surface area contributed by atoms with E-state index in [9.17, 15) is 38.7 Å². The Labute approximate surface area is 305 Å². The summed E-state index contributed by atoms with van der Waals surface area (Å²) in [7, 11) is 0. The van der Waals surface area contributed by atoms with Crippen LogP contribution in [-0.2, 0) is 38.2 Å². The number of amides is 5. The molecule has 288 valence electrons. The number of alkyl carbamates (subject to hydrolysis) is 1. The van der Waals surface area contributed by atoms with Crippen molar-refractivity contribution in [2.24, 2.45) is 5.92 Å². The summed E-state index contributed by atoms with van der Waals surface area (Å²) in [5, 5.41) is 19.6. The maximum atomic E-state index is 14.3. The van der Waals surface area contributed by atoms with Crippen LogP contribution >= 0.6 is 0 Å². The van der Waals surface area contributed by atoms with Crippen LogP contribution in [0.3, 0.4) is 0 Å². The second-order valence-electron chi connectivity index (χ2n) is 14.7. The smallest absolute Gasteiger partial charge is 0.408 e. The van der Waals surface area contributed by atoms with E-state index in [-0.39, 0.29) is 25.3 Å². The highest BCUT2D eigenvalue weighted by atomic mass is 16.6. The predicted molar refractivity (Wildman–Crippen MR) is 190 cm³/mol. The highest BCUT2D eigenvalue weighted by Gasteiger charge is 2.46. The van der Waals surface area contributed by atoms with E-state index in [1.54, 1.807) is 39.0 Å². The third kappa shape index (κ3) is 12.6. The number of carbonyl (C=O) groups excluding carboxylic acids is 6. The van der Waals surface area contributed by atoms with E-state index in [0.717, 1.165) is 19.3 Å². The lowest BCUT2D eigenvalue weighted by Gasteiger charge is -2.34. The number of benzene rings is 1. The quantitative estimate of drug-likeness (QED) is 0.157. The normalized spacial score (nSPS) is 19.6. The maximum absolute atomic E-state index is 14.3. The lowest BCUT2D eigenvalue weighted by Crippen LogP contribution is -2.58. The molecule has 2 fully saturated rings. The maximum Gasteiger partial charge on any atom is 0.408 e. The molecule has 15 heteroatoms. The van der Waals surface area contributed by atoms with Crippen molar-refractivity contribution in [2.45, 2.75) is 135 Å². The molecule has 5 atom stereocenters. The minimum Gasteiger partial charge on any atom is -0.479 e. The second kappa shape index (κ2) is 19.3. The molecule has 5 unspecified atom stereocenters. The van der Waals surface area contributed by atoms with Gasteiger partial charge in [0.25, 0.3) is 5.91 Å². The van der Waals surface area contributed by atoms with E-state index in [2.05, 4.69) is 21.3 Å². The molecule has 1 saturated heterocycles. The first kappa shape index (κ1) is 41.9. The molecule has 5 amide bonds. The van der Waals surface area contributed by atoms with Crippen molar-refractivity contribution in [3.63, 3.8) is 0 Å². The summed E-state index contributed by atoms with van der Waals surface area (Å²) in [6.07, 6.45) is 3.21. The van der Waals surface area contributed by atoms with Gasteiger partial charge in [0, 0.05) is 13.0 Å². The molecule has 3 rings (SSSR count). The number of likely N-dealkylation sites (tertiary alicyclic amines) is 1. The number of hydrogen-bond donors (Lipinski definition) is 5. The molecule has 1 aliphatic carbocycles. The first-order valence-electron chi connectivity index (χ1n) is 18.2.